The average Bonchev–Trinajstić information content (AvgIpc) is 2.94. The smallest absolute Gasteiger partial charge is 0.243 e. The number of unbranched alkanes of at least 4 members (excludes halogenated alkanes) is 1. The Hall–Kier alpha value is -3.80. The number of nitrogens with zero attached hydrogens (tertiary/aromatic N) is 1. The quantitative estimate of drug-likeness (QED) is 0.282. The second-order valence-electron chi connectivity index (χ2n) is 8.99. The Morgan fingerprint density at radius 3 is 2.24 bits per heavy atom. The molecule has 0 heterocycles. The number of hydrogen-bond donors (Lipinski definition) is 1. The van der Waals surface area contributed by atoms with Crippen LogP contribution in [0.5, 0.6) is 11.5 Å². The number of rotatable bonds is 15. The molecule has 0 aliphatic rings. The summed E-state index contributed by atoms with van der Waals surface area (Å²) in [6, 6.07) is 26.4. The number of amides is 2. The molecule has 0 saturated carbocycles. The molecule has 0 radical (unpaired) electrons. The van der Waals surface area contributed by atoms with Gasteiger partial charge in [-0.1, -0.05) is 74.0 Å². The minimum atomic E-state index is -0.631. The van der Waals surface area contributed by atoms with Crippen LogP contribution in [0.25, 0.3) is 0 Å². The Morgan fingerprint density at radius 1 is 0.865 bits per heavy atom. The van der Waals surface area contributed by atoms with Gasteiger partial charge in [-0.3, -0.25) is 9.59 Å². The highest BCUT2D eigenvalue weighted by Crippen LogP contribution is 2.19. The van der Waals surface area contributed by atoms with Gasteiger partial charge in [-0.25, -0.2) is 0 Å². The van der Waals surface area contributed by atoms with Crippen LogP contribution in [0.4, 0.5) is 0 Å². The van der Waals surface area contributed by atoms with E-state index in [-0.39, 0.29) is 18.2 Å². The predicted molar refractivity (Wildman–Crippen MR) is 147 cm³/mol. The van der Waals surface area contributed by atoms with Gasteiger partial charge in [0.05, 0.1) is 13.7 Å². The average molecular weight is 503 g/mol. The van der Waals surface area contributed by atoms with Crippen LogP contribution in [0.15, 0.2) is 84.9 Å². The van der Waals surface area contributed by atoms with Gasteiger partial charge in [0.2, 0.25) is 11.8 Å². The molecule has 0 fully saturated rings. The van der Waals surface area contributed by atoms with E-state index in [4.69, 9.17) is 9.47 Å². The molecule has 6 heteroatoms. The number of ether oxygens (including phenoxy) is 2. The zero-order valence-corrected chi connectivity index (χ0v) is 21.9. The van der Waals surface area contributed by atoms with Crippen LogP contribution in [0.1, 0.15) is 43.7 Å². The van der Waals surface area contributed by atoms with Gasteiger partial charge in [0, 0.05) is 25.9 Å². The summed E-state index contributed by atoms with van der Waals surface area (Å²) in [6.45, 7) is 3.42. The molecule has 3 aromatic rings. The number of para-hydroxylation sites is 1. The number of benzene rings is 3. The molecule has 0 aliphatic carbocycles. The molecular weight excluding hydrogens is 464 g/mol. The fourth-order valence-electron chi connectivity index (χ4n) is 4.10. The van der Waals surface area contributed by atoms with Crippen molar-refractivity contribution in [2.45, 2.75) is 51.6 Å². The number of carbonyl (C=O) groups excluding carboxylic acids is 2. The van der Waals surface area contributed by atoms with Gasteiger partial charge in [-0.05, 0) is 48.2 Å². The van der Waals surface area contributed by atoms with Gasteiger partial charge < -0.3 is 19.7 Å². The van der Waals surface area contributed by atoms with Crippen molar-refractivity contribution in [2.75, 3.05) is 20.3 Å². The standard InChI is InChI=1S/C31H38N2O4/c1-3-4-20-32-31(35)29(23-25-13-7-5-8-14-25)33(24-26-15-11-18-28(22-26)36-2)30(34)19-12-21-37-27-16-9-6-10-17-27/h5-11,13-18,22,29H,3-4,12,19-21,23-24H2,1-2H3,(H,32,35)/t29-/m1/s1. The van der Waals surface area contributed by atoms with Crippen LogP contribution in [-0.2, 0) is 22.6 Å². The van der Waals surface area contributed by atoms with E-state index in [1.807, 2.05) is 84.9 Å². The first-order chi connectivity index (χ1) is 18.1. The van der Waals surface area contributed by atoms with E-state index in [2.05, 4.69) is 12.2 Å². The summed E-state index contributed by atoms with van der Waals surface area (Å²) in [7, 11) is 1.62. The third-order valence-electron chi connectivity index (χ3n) is 6.13. The first-order valence-corrected chi connectivity index (χ1v) is 13.0. The summed E-state index contributed by atoms with van der Waals surface area (Å²) in [6.07, 6.45) is 3.15. The Labute approximate surface area is 220 Å². The van der Waals surface area contributed by atoms with Gasteiger partial charge in [0.15, 0.2) is 0 Å². The van der Waals surface area contributed by atoms with Gasteiger partial charge in [0.25, 0.3) is 0 Å². The lowest BCUT2D eigenvalue weighted by molar-refractivity contribution is -0.141. The summed E-state index contributed by atoms with van der Waals surface area (Å²) >= 11 is 0. The van der Waals surface area contributed by atoms with Crippen LogP contribution in [0.3, 0.4) is 0 Å². The topological polar surface area (TPSA) is 67.9 Å². The van der Waals surface area contributed by atoms with Crippen molar-refractivity contribution in [2.24, 2.45) is 0 Å². The van der Waals surface area contributed by atoms with Crippen LogP contribution in [-0.4, -0.2) is 43.0 Å². The Morgan fingerprint density at radius 2 is 1.54 bits per heavy atom. The Bertz CT molecular complexity index is 1090. The first-order valence-electron chi connectivity index (χ1n) is 13.0. The number of hydrogen-bond acceptors (Lipinski definition) is 4. The summed E-state index contributed by atoms with van der Waals surface area (Å²) in [5, 5.41) is 3.05. The van der Waals surface area contributed by atoms with Gasteiger partial charge in [0.1, 0.15) is 17.5 Å². The maximum atomic E-state index is 13.6. The van der Waals surface area contributed by atoms with Crippen molar-refractivity contribution >= 4 is 11.8 Å². The highest BCUT2D eigenvalue weighted by molar-refractivity contribution is 5.88. The lowest BCUT2D eigenvalue weighted by Crippen LogP contribution is -2.50. The molecule has 2 amide bonds. The molecular formula is C31H38N2O4. The molecule has 1 atom stereocenters. The lowest BCUT2D eigenvalue weighted by Gasteiger charge is -2.32. The fraction of sp³-hybridized carbons (Fsp3) is 0.355. The number of methoxy groups -OCH3 is 1. The second-order valence-corrected chi connectivity index (χ2v) is 8.99. The Kier molecular flexibility index (Phi) is 11.5. The van der Waals surface area contributed by atoms with E-state index in [0.717, 1.165) is 29.7 Å². The summed E-state index contributed by atoms with van der Waals surface area (Å²) in [5.74, 6) is 1.29. The van der Waals surface area contributed by atoms with Gasteiger partial charge in [-0.15, -0.1) is 0 Å². The zero-order chi connectivity index (χ0) is 26.3. The molecule has 0 unspecified atom stereocenters. The van der Waals surface area contributed by atoms with E-state index in [1.165, 1.54) is 0 Å². The third-order valence-corrected chi connectivity index (χ3v) is 6.13. The molecule has 0 bridgehead atoms. The van der Waals surface area contributed by atoms with Crippen molar-refractivity contribution in [1.29, 1.82) is 0 Å². The fourth-order valence-corrected chi connectivity index (χ4v) is 4.10. The molecule has 196 valence electrons. The highest BCUT2D eigenvalue weighted by atomic mass is 16.5. The molecule has 1 N–H and O–H groups in total. The SMILES string of the molecule is CCCCNC(=O)[C@@H](Cc1ccccc1)N(Cc1cccc(OC)c1)C(=O)CCCOc1ccccc1. The van der Waals surface area contributed by atoms with Gasteiger partial charge >= 0.3 is 0 Å². The zero-order valence-electron chi connectivity index (χ0n) is 21.9. The normalized spacial score (nSPS) is 11.4. The highest BCUT2D eigenvalue weighted by Gasteiger charge is 2.30. The number of carbonyl (C=O) groups is 2. The van der Waals surface area contributed by atoms with E-state index >= 15 is 0 Å². The summed E-state index contributed by atoms with van der Waals surface area (Å²) in [4.78, 5) is 28.8. The third kappa shape index (κ3) is 9.30. The van der Waals surface area contributed by atoms with Crippen molar-refractivity contribution in [3.63, 3.8) is 0 Å². The van der Waals surface area contributed by atoms with E-state index in [9.17, 15) is 9.59 Å². The maximum absolute atomic E-state index is 13.6. The van der Waals surface area contributed by atoms with E-state index in [0.29, 0.717) is 38.3 Å². The largest absolute Gasteiger partial charge is 0.497 e. The maximum Gasteiger partial charge on any atom is 0.243 e. The second kappa shape index (κ2) is 15.3. The van der Waals surface area contributed by atoms with Crippen LogP contribution >= 0.6 is 0 Å². The minimum Gasteiger partial charge on any atom is -0.497 e. The van der Waals surface area contributed by atoms with Crippen LogP contribution < -0.4 is 14.8 Å². The molecule has 37 heavy (non-hydrogen) atoms. The molecule has 3 aromatic carbocycles. The van der Waals surface area contributed by atoms with Gasteiger partial charge in [-0.2, -0.15) is 0 Å². The molecule has 0 aliphatic heterocycles. The molecule has 0 aromatic heterocycles. The molecule has 6 nitrogen and oxygen atoms in total. The molecule has 0 spiro atoms. The van der Waals surface area contributed by atoms with E-state index < -0.39 is 6.04 Å². The summed E-state index contributed by atoms with van der Waals surface area (Å²) in [5.41, 5.74) is 1.92. The Balaban J connectivity index is 1.80. The van der Waals surface area contributed by atoms with E-state index in [1.54, 1.807) is 12.0 Å². The molecule has 3 rings (SSSR count). The monoisotopic (exact) mass is 502 g/mol. The lowest BCUT2D eigenvalue weighted by atomic mass is 10.0. The van der Waals surface area contributed by atoms with Crippen molar-refractivity contribution in [3.05, 3.63) is 96.1 Å². The minimum absolute atomic E-state index is 0.0777. The van der Waals surface area contributed by atoms with Crippen molar-refractivity contribution < 1.29 is 19.1 Å². The van der Waals surface area contributed by atoms with Crippen LogP contribution in [0, 0.1) is 0 Å². The van der Waals surface area contributed by atoms with Crippen molar-refractivity contribution in [3.8, 4) is 11.5 Å². The number of nitrogens with one attached hydrogen (secondary N) is 1. The molecule has 0 saturated heterocycles. The summed E-state index contributed by atoms with van der Waals surface area (Å²) < 4.78 is 11.2. The van der Waals surface area contributed by atoms with Crippen molar-refractivity contribution in [1.82, 2.24) is 10.2 Å². The first kappa shape index (κ1) is 27.8. The van der Waals surface area contributed by atoms with Crippen LogP contribution in [0.2, 0.25) is 0 Å². The predicted octanol–water partition coefficient (Wildman–Crippen LogP) is 5.41.